The number of halogens is 1. The van der Waals surface area contributed by atoms with Gasteiger partial charge in [-0.05, 0) is 48.5 Å². The zero-order chi connectivity index (χ0) is 18.1. The number of rotatable bonds is 4. The summed E-state index contributed by atoms with van der Waals surface area (Å²) in [5.74, 6) is 2.22. The van der Waals surface area contributed by atoms with Gasteiger partial charge in [-0.1, -0.05) is 11.6 Å². The summed E-state index contributed by atoms with van der Waals surface area (Å²) in [7, 11) is 3.25. The van der Waals surface area contributed by atoms with Crippen LogP contribution in [-0.4, -0.2) is 24.2 Å². The number of furan rings is 1. The number of methoxy groups -OCH3 is 2. The van der Waals surface area contributed by atoms with Gasteiger partial charge in [0.1, 0.15) is 28.5 Å². The molecule has 0 N–H and O–H groups in total. The van der Waals surface area contributed by atoms with Crippen LogP contribution >= 0.6 is 11.6 Å². The van der Waals surface area contributed by atoms with E-state index in [9.17, 15) is 0 Å². The van der Waals surface area contributed by atoms with Gasteiger partial charge in [-0.15, -0.1) is 0 Å². The Morgan fingerprint density at radius 3 is 1.96 bits per heavy atom. The van der Waals surface area contributed by atoms with Crippen molar-refractivity contribution in [3.8, 4) is 34.1 Å². The van der Waals surface area contributed by atoms with Gasteiger partial charge in [-0.25, -0.2) is 9.97 Å². The Balaban J connectivity index is 1.76. The standard InChI is InChI=1S/C20H15ClN2O3/c1-24-14-7-3-12(4-8-14)17-11-16-20(26-17)23-18(19(21)22-16)13-5-9-15(25-2)10-6-13/h3-11H,1-2H3. The third kappa shape index (κ3) is 2.97. The molecule has 4 aromatic rings. The van der Waals surface area contributed by atoms with Crippen LogP contribution in [0.5, 0.6) is 11.5 Å². The highest BCUT2D eigenvalue weighted by molar-refractivity contribution is 6.32. The van der Waals surface area contributed by atoms with Crippen LogP contribution in [0.2, 0.25) is 5.15 Å². The van der Waals surface area contributed by atoms with Crippen LogP contribution in [-0.2, 0) is 0 Å². The van der Waals surface area contributed by atoms with E-state index in [1.54, 1.807) is 14.2 Å². The maximum atomic E-state index is 6.34. The minimum Gasteiger partial charge on any atom is -0.497 e. The third-order valence-electron chi connectivity index (χ3n) is 4.06. The van der Waals surface area contributed by atoms with Crippen LogP contribution in [0.1, 0.15) is 0 Å². The molecule has 2 aromatic heterocycles. The highest BCUT2D eigenvalue weighted by Gasteiger charge is 2.14. The lowest BCUT2D eigenvalue weighted by atomic mass is 10.1. The number of benzene rings is 2. The van der Waals surface area contributed by atoms with Crippen LogP contribution in [0.3, 0.4) is 0 Å². The van der Waals surface area contributed by atoms with E-state index in [2.05, 4.69) is 9.97 Å². The first kappa shape index (κ1) is 16.4. The Kier molecular flexibility index (Phi) is 4.22. The van der Waals surface area contributed by atoms with Gasteiger partial charge in [0.2, 0.25) is 5.71 Å². The molecule has 0 radical (unpaired) electrons. The van der Waals surface area contributed by atoms with E-state index in [0.29, 0.717) is 27.8 Å². The van der Waals surface area contributed by atoms with Gasteiger partial charge in [-0.2, -0.15) is 0 Å². The van der Waals surface area contributed by atoms with Crippen LogP contribution in [0, 0.1) is 0 Å². The summed E-state index contributed by atoms with van der Waals surface area (Å²) in [6, 6.07) is 16.9. The molecule has 0 atom stereocenters. The van der Waals surface area contributed by atoms with E-state index >= 15 is 0 Å². The molecule has 0 aliphatic heterocycles. The van der Waals surface area contributed by atoms with Gasteiger partial charge in [-0.3, -0.25) is 0 Å². The Bertz CT molecular complexity index is 1060. The molecule has 0 aliphatic carbocycles. The Hall–Kier alpha value is -3.05. The Morgan fingerprint density at radius 2 is 1.38 bits per heavy atom. The smallest absolute Gasteiger partial charge is 0.246 e. The maximum Gasteiger partial charge on any atom is 0.246 e. The second-order valence-corrected chi connectivity index (χ2v) is 5.98. The molecule has 4 rings (SSSR count). The second-order valence-electron chi connectivity index (χ2n) is 5.62. The second kappa shape index (κ2) is 6.69. The van der Waals surface area contributed by atoms with Gasteiger partial charge in [0.25, 0.3) is 0 Å². The van der Waals surface area contributed by atoms with E-state index in [1.807, 2.05) is 54.6 Å². The lowest BCUT2D eigenvalue weighted by Crippen LogP contribution is -1.89. The van der Waals surface area contributed by atoms with Crippen molar-refractivity contribution >= 4 is 22.8 Å². The van der Waals surface area contributed by atoms with Crippen molar-refractivity contribution in [2.45, 2.75) is 0 Å². The quantitative estimate of drug-likeness (QED) is 0.495. The molecular formula is C20H15ClN2O3. The SMILES string of the molecule is COc1ccc(-c2cc3nc(Cl)c(-c4ccc(OC)cc4)nc3o2)cc1. The molecule has 0 saturated heterocycles. The fourth-order valence-corrected chi connectivity index (χ4v) is 2.91. The summed E-state index contributed by atoms with van der Waals surface area (Å²) < 4.78 is 16.2. The fourth-order valence-electron chi connectivity index (χ4n) is 2.67. The third-order valence-corrected chi connectivity index (χ3v) is 4.32. The molecule has 0 bridgehead atoms. The van der Waals surface area contributed by atoms with Crippen LogP contribution in [0.15, 0.2) is 59.0 Å². The van der Waals surface area contributed by atoms with E-state index in [1.165, 1.54) is 0 Å². The van der Waals surface area contributed by atoms with Gasteiger partial charge in [0.05, 0.1) is 14.2 Å². The molecule has 0 fully saturated rings. The summed E-state index contributed by atoms with van der Waals surface area (Å²) in [6.45, 7) is 0. The molecule has 2 heterocycles. The van der Waals surface area contributed by atoms with E-state index in [-0.39, 0.29) is 0 Å². The Labute approximate surface area is 155 Å². The molecule has 130 valence electrons. The molecular weight excluding hydrogens is 352 g/mol. The monoisotopic (exact) mass is 366 g/mol. The highest BCUT2D eigenvalue weighted by Crippen LogP contribution is 2.32. The summed E-state index contributed by atoms with van der Waals surface area (Å²) in [6.07, 6.45) is 0. The summed E-state index contributed by atoms with van der Waals surface area (Å²) >= 11 is 6.34. The zero-order valence-corrected chi connectivity index (χ0v) is 14.9. The first-order valence-electron chi connectivity index (χ1n) is 7.94. The van der Waals surface area contributed by atoms with Crippen LogP contribution < -0.4 is 9.47 Å². The molecule has 6 heteroatoms. The number of nitrogens with zero attached hydrogens (tertiary/aromatic N) is 2. The lowest BCUT2D eigenvalue weighted by Gasteiger charge is -2.04. The number of ether oxygens (including phenoxy) is 2. The summed E-state index contributed by atoms with van der Waals surface area (Å²) in [4.78, 5) is 8.98. The van der Waals surface area contributed by atoms with Crippen molar-refractivity contribution < 1.29 is 13.9 Å². The van der Waals surface area contributed by atoms with Gasteiger partial charge in [0.15, 0.2) is 5.15 Å². The molecule has 0 amide bonds. The van der Waals surface area contributed by atoms with Crippen molar-refractivity contribution in [1.29, 1.82) is 0 Å². The minimum absolute atomic E-state index is 0.324. The summed E-state index contributed by atoms with van der Waals surface area (Å²) in [5.41, 5.74) is 3.36. The van der Waals surface area contributed by atoms with Crippen molar-refractivity contribution in [3.05, 3.63) is 59.8 Å². The number of fused-ring (bicyclic) bond motifs is 1. The minimum atomic E-state index is 0.324. The molecule has 2 aromatic carbocycles. The van der Waals surface area contributed by atoms with Crippen molar-refractivity contribution in [2.75, 3.05) is 14.2 Å². The first-order valence-corrected chi connectivity index (χ1v) is 8.31. The average Bonchev–Trinajstić information content (AvgIpc) is 3.10. The predicted octanol–water partition coefficient (Wildman–Crippen LogP) is 5.23. The molecule has 0 saturated carbocycles. The fraction of sp³-hybridized carbons (Fsp3) is 0.100. The van der Waals surface area contributed by atoms with E-state index < -0.39 is 0 Å². The summed E-state index contributed by atoms with van der Waals surface area (Å²) in [5, 5.41) is 0.324. The Morgan fingerprint density at radius 1 is 0.808 bits per heavy atom. The zero-order valence-electron chi connectivity index (χ0n) is 14.2. The normalized spacial score (nSPS) is 10.9. The van der Waals surface area contributed by atoms with Crippen molar-refractivity contribution in [1.82, 2.24) is 9.97 Å². The van der Waals surface area contributed by atoms with E-state index in [4.69, 9.17) is 25.5 Å². The molecule has 26 heavy (non-hydrogen) atoms. The molecule has 0 unspecified atom stereocenters. The van der Waals surface area contributed by atoms with Gasteiger partial charge >= 0.3 is 0 Å². The topological polar surface area (TPSA) is 57.4 Å². The predicted molar refractivity (Wildman–Crippen MR) is 101 cm³/mol. The van der Waals surface area contributed by atoms with E-state index in [0.717, 1.165) is 22.6 Å². The number of aromatic nitrogens is 2. The van der Waals surface area contributed by atoms with Gasteiger partial charge in [0, 0.05) is 17.2 Å². The van der Waals surface area contributed by atoms with Gasteiger partial charge < -0.3 is 13.9 Å². The largest absolute Gasteiger partial charge is 0.497 e. The molecule has 5 nitrogen and oxygen atoms in total. The van der Waals surface area contributed by atoms with Crippen molar-refractivity contribution in [3.63, 3.8) is 0 Å². The maximum absolute atomic E-state index is 6.34. The average molecular weight is 367 g/mol. The van der Waals surface area contributed by atoms with Crippen LogP contribution in [0.4, 0.5) is 0 Å². The number of hydrogen-bond acceptors (Lipinski definition) is 5. The lowest BCUT2D eigenvalue weighted by molar-refractivity contribution is 0.414. The van der Waals surface area contributed by atoms with Crippen molar-refractivity contribution in [2.24, 2.45) is 0 Å². The first-order chi connectivity index (χ1) is 12.7. The van der Waals surface area contributed by atoms with Crippen LogP contribution in [0.25, 0.3) is 33.8 Å². The molecule has 0 spiro atoms. The number of hydrogen-bond donors (Lipinski definition) is 0. The molecule has 0 aliphatic rings. The highest BCUT2D eigenvalue weighted by atomic mass is 35.5.